The van der Waals surface area contributed by atoms with Gasteiger partial charge in [-0.3, -0.25) is 14.9 Å². The van der Waals surface area contributed by atoms with Crippen molar-refractivity contribution in [3.63, 3.8) is 0 Å². The van der Waals surface area contributed by atoms with Crippen LogP contribution >= 0.6 is 0 Å². The van der Waals surface area contributed by atoms with E-state index in [0.29, 0.717) is 23.8 Å². The lowest BCUT2D eigenvalue weighted by Gasteiger charge is -2.20. The first-order valence-corrected chi connectivity index (χ1v) is 8.19. The molecule has 0 unspecified atom stereocenters. The smallest absolute Gasteiger partial charge is 0.314 e. The molecule has 1 aliphatic carbocycles. The normalized spacial score (nSPS) is 13.4. The van der Waals surface area contributed by atoms with E-state index in [1.54, 1.807) is 26.1 Å². The molecule has 1 aliphatic rings. The molecular formula is C18H20N4O3. The van der Waals surface area contributed by atoms with E-state index in [1.165, 1.54) is 0 Å². The molecule has 1 N–H and O–H groups in total. The summed E-state index contributed by atoms with van der Waals surface area (Å²) in [6.07, 6.45) is 3.68. The summed E-state index contributed by atoms with van der Waals surface area (Å²) in [4.78, 5) is 28.5. The number of aryl methyl sites for hydroxylation is 1. The molecule has 3 rings (SSSR count). The third-order valence-electron chi connectivity index (χ3n) is 4.27. The number of carbonyl (C=O) groups is 1. The summed E-state index contributed by atoms with van der Waals surface area (Å²) in [5, 5.41) is 14.2. The molecule has 25 heavy (non-hydrogen) atoms. The summed E-state index contributed by atoms with van der Waals surface area (Å²) in [5.41, 5.74) is 2.27. The first-order chi connectivity index (χ1) is 12.0. The number of benzene rings is 1. The van der Waals surface area contributed by atoms with Gasteiger partial charge in [0.05, 0.1) is 4.92 Å². The van der Waals surface area contributed by atoms with Gasteiger partial charge >= 0.3 is 5.69 Å². The minimum absolute atomic E-state index is 0.0249. The average molecular weight is 340 g/mol. The highest BCUT2D eigenvalue weighted by molar-refractivity contribution is 5.74. The highest BCUT2D eigenvalue weighted by Crippen LogP contribution is 2.30. The molecule has 2 aromatic rings. The van der Waals surface area contributed by atoms with E-state index < -0.39 is 4.92 Å². The Balaban J connectivity index is 1.74. The number of carbonyl (C=O) groups excluding carboxylic acids is 1. The molecule has 1 fully saturated rings. The summed E-state index contributed by atoms with van der Waals surface area (Å²) in [7, 11) is 0. The number of hydrogen-bond donors (Lipinski definition) is 1. The van der Waals surface area contributed by atoms with Crippen molar-refractivity contribution in [2.24, 2.45) is 0 Å². The van der Waals surface area contributed by atoms with Crippen LogP contribution < -0.4 is 5.32 Å². The molecule has 1 aromatic heterocycles. The number of rotatable bonds is 6. The molecule has 0 radical (unpaired) electrons. The largest absolute Gasteiger partial charge is 0.336 e. The highest BCUT2D eigenvalue weighted by atomic mass is 16.6. The number of aromatic nitrogens is 1. The zero-order chi connectivity index (χ0) is 18.0. The van der Waals surface area contributed by atoms with Crippen LogP contribution in [-0.2, 0) is 11.3 Å². The van der Waals surface area contributed by atoms with Crippen LogP contribution in [0.4, 0.5) is 17.2 Å². The maximum Gasteiger partial charge on any atom is 0.314 e. The second-order valence-corrected chi connectivity index (χ2v) is 6.28. The van der Waals surface area contributed by atoms with Crippen LogP contribution in [0.3, 0.4) is 0 Å². The Morgan fingerprint density at radius 2 is 2.00 bits per heavy atom. The number of nitrogens with zero attached hydrogens (tertiary/aromatic N) is 3. The number of nitro groups is 1. The quantitative estimate of drug-likeness (QED) is 0.642. The third kappa shape index (κ3) is 3.93. The van der Waals surface area contributed by atoms with E-state index in [2.05, 4.69) is 10.3 Å². The fourth-order valence-electron chi connectivity index (χ4n) is 2.78. The Bertz CT molecular complexity index is 800. The van der Waals surface area contributed by atoms with Crippen molar-refractivity contribution in [2.45, 2.75) is 39.3 Å². The van der Waals surface area contributed by atoms with Crippen LogP contribution in [0.5, 0.6) is 0 Å². The van der Waals surface area contributed by atoms with Gasteiger partial charge in [0.2, 0.25) is 11.7 Å². The van der Waals surface area contributed by atoms with Gasteiger partial charge in [0, 0.05) is 37.0 Å². The monoisotopic (exact) mass is 340 g/mol. The standard InChI is InChI=1S/C18H20N4O3/c1-12-9-10-19-18(17(12)22(24)25)20-15-5-3-14(4-6-15)11-21(13(2)23)16-7-8-16/h3-6,9-10,16H,7-8,11H2,1-2H3,(H,19,20). The summed E-state index contributed by atoms with van der Waals surface area (Å²) >= 11 is 0. The molecule has 130 valence electrons. The second-order valence-electron chi connectivity index (χ2n) is 6.28. The summed E-state index contributed by atoms with van der Waals surface area (Å²) < 4.78 is 0. The van der Waals surface area contributed by atoms with Gasteiger partial charge in [0.25, 0.3) is 0 Å². The molecule has 7 heteroatoms. The predicted octanol–water partition coefficient (Wildman–Crippen LogP) is 3.55. The molecule has 0 atom stereocenters. The van der Waals surface area contributed by atoms with Gasteiger partial charge in [-0.2, -0.15) is 0 Å². The van der Waals surface area contributed by atoms with E-state index in [-0.39, 0.29) is 17.4 Å². The Hall–Kier alpha value is -2.96. The zero-order valence-corrected chi connectivity index (χ0v) is 14.2. The maximum absolute atomic E-state index is 11.7. The highest BCUT2D eigenvalue weighted by Gasteiger charge is 2.30. The van der Waals surface area contributed by atoms with Gasteiger partial charge in [-0.1, -0.05) is 12.1 Å². The fraction of sp³-hybridized carbons (Fsp3) is 0.333. The van der Waals surface area contributed by atoms with Crippen molar-refractivity contribution in [3.05, 3.63) is 57.8 Å². The summed E-state index contributed by atoms with van der Waals surface area (Å²) in [5.74, 6) is 0.311. The van der Waals surface area contributed by atoms with E-state index in [0.717, 1.165) is 18.4 Å². The first kappa shape index (κ1) is 16.9. The topological polar surface area (TPSA) is 88.4 Å². The SMILES string of the molecule is CC(=O)N(Cc1ccc(Nc2nccc(C)c2[N+](=O)[O-])cc1)C1CC1. The summed E-state index contributed by atoms with van der Waals surface area (Å²) in [6.45, 7) is 3.86. The lowest BCUT2D eigenvalue weighted by Crippen LogP contribution is -2.30. The fourth-order valence-corrected chi connectivity index (χ4v) is 2.78. The number of pyridine rings is 1. The van der Waals surface area contributed by atoms with Crippen LogP contribution in [0.1, 0.15) is 30.9 Å². The van der Waals surface area contributed by atoms with Gasteiger partial charge in [-0.15, -0.1) is 0 Å². The van der Waals surface area contributed by atoms with Gasteiger partial charge in [-0.25, -0.2) is 4.98 Å². The maximum atomic E-state index is 11.7. The number of nitrogens with one attached hydrogen (secondary N) is 1. The molecule has 0 aliphatic heterocycles. The first-order valence-electron chi connectivity index (χ1n) is 8.19. The van der Waals surface area contributed by atoms with Crippen LogP contribution in [-0.4, -0.2) is 26.8 Å². The number of hydrogen-bond acceptors (Lipinski definition) is 5. The molecule has 1 amide bonds. The Morgan fingerprint density at radius 3 is 2.56 bits per heavy atom. The van der Waals surface area contributed by atoms with E-state index >= 15 is 0 Å². The minimum Gasteiger partial charge on any atom is -0.336 e. The van der Waals surface area contributed by atoms with E-state index in [4.69, 9.17) is 0 Å². The molecule has 1 heterocycles. The van der Waals surface area contributed by atoms with Crippen molar-refractivity contribution in [1.29, 1.82) is 0 Å². The second kappa shape index (κ2) is 6.88. The van der Waals surface area contributed by atoms with Crippen molar-refractivity contribution in [3.8, 4) is 0 Å². The van der Waals surface area contributed by atoms with Crippen LogP contribution in [0.25, 0.3) is 0 Å². The van der Waals surface area contributed by atoms with Crippen LogP contribution in [0, 0.1) is 17.0 Å². The molecule has 7 nitrogen and oxygen atoms in total. The molecular weight excluding hydrogens is 320 g/mol. The zero-order valence-electron chi connectivity index (χ0n) is 14.2. The third-order valence-corrected chi connectivity index (χ3v) is 4.27. The van der Waals surface area contributed by atoms with E-state index in [1.807, 2.05) is 29.2 Å². The molecule has 0 saturated heterocycles. The molecule has 1 aromatic carbocycles. The summed E-state index contributed by atoms with van der Waals surface area (Å²) in [6, 6.07) is 9.50. The molecule has 0 bridgehead atoms. The van der Waals surface area contributed by atoms with Crippen LogP contribution in [0.15, 0.2) is 36.5 Å². The van der Waals surface area contributed by atoms with Crippen molar-refractivity contribution in [2.75, 3.05) is 5.32 Å². The molecule has 0 spiro atoms. The number of amides is 1. The van der Waals surface area contributed by atoms with Gasteiger partial charge in [0.1, 0.15) is 0 Å². The Kier molecular flexibility index (Phi) is 4.65. The molecule has 1 saturated carbocycles. The van der Waals surface area contributed by atoms with Gasteiger partial charge in [0.15, 0.2) is 0 Å². The van der Waals surface area contributed by atoms with Crippen LogP contribution in [0.2, 0.25) is 0 Å². The van der Waals surface area contributed by atoms with Gasteiger partial charge < -0.3 is 10.2 Å². The Morgan fingerprint density at radius 1 is 1.32 bits per heavy atom. The lowest BCUT2D eigenvalue weighted by molar-refractivity contribution is -0.384. The van der Waals surface area contributed by atoms with Crippen molar-refractivity contribution < 1.29 is 9.72 Å². The lowest BCUT2D eigenvalue weighted by atomic mass is 10.2. The minimum atomic E-state index is -0.431. The van der Waals surface area contributed by atoms with E-state index in [9.17, 15) is 14.9 Å². The van der Waals surface area contributed by atoms with Crippen molar-refractivity contribution >= 4 is 23.1 Å². The van der Waals surface area contributed by atoms with Gasteiger partial charge in [-0.05, 0) is 43.5 Å². The van der Waals surface area contributed by atoms with Crippen molar-refractivity contribution in [1.82, 2.24) is 9.88 Å². The number of anilines is 2. The predicted molar refractivity (Wildman–Crippen MR) is 94.6 cm³/mol. The average Bonchev–Trinajstić information content (AvgIpc) is 3.38. The Labute approximate surface area is 145 Å².